The van der Waals surface area contributed by atoms with E-state index < -0.39 is 6.10 Å². The number of nitrogens with zero attached hydrogens (tertiary/aromatic N) is 2. The van der Waals surface area contributed by atoms with E-state index >= 15 is 0 Å². The van der Waals surface area contributed by atoms with Crippen molar-refractivity contribution in [3.05, 3.63) is 18.1 Å². The zero-order valence-electron chi connectivity index (χ0n) is 7.47. The quantitative estimate of drug-likeness (QED) is 0.679. The first kappa shape index (κ1) is 9.88. The van der Waals surface area contributed by atoms with Gasteiger partial charge in [0.25, 0.3) is 0 Å². The Morgan fingerprint density at radius 3 is 2.85 bits per heavy atom. The molecule has 1 atom stereocenters. The molecule has 0 fully saturated rings. The molecule has 1 aromatic rings. The van der Waals surface area contributed by atoms with Gasteiger partial charge in [-0.1, -0.05) is 0 Å². The van der Waals surface area contributed by atoms with Gasteiger partial charge in [0.05, 0.1) is 7.11 Å². The van der Waals surface area contributed by atoms with E-state index in [4.69, 9.17) is 10.5 Å². The van der Waals surface area contributed by atoms with Gasteiger partial charge in [-0.2, -0.15) is 0 Å². The van der Waals surface area contributed by atoms with E-state index in [0.29, 0.717) is 24.5 Å². The van der Waals surface area contributed by atoms with Crippen molar-refractivity contribution in [2.45, 2.75) is 12.5 Å². The molecule has 5 heteroatoms. The highest BCUT2D eigenvalue weighted by Gasteiger charge is 2.14. The van der Waals surface area contributed by atoms with Gasteiger partial charge in [-0.3, -0.25) is 4.98 Å². The van der Waals surface area contributed by atoms with Crippen LogP contribution in [0.25, 0.3) is 0 Å². The topological polar surface area (TPSA) is 81.3 Å². The fourth-order valence-corrected chi connectivity index (χ4v) is 1.02. The maximum atomic E-state index is 9.57. The van der Waals surface area contributed by atoms with Crippen molar-refractivity contribution >= 4 is 0 Å². The predicted molar refractivity (Wildman–Crippen MR) is 47.2 cm³/mol. The van der Waals surface area contributed by atoms with Crippen molar-refractivity contribution in [1.82, 2.24) is 9.97 Å². The number of rotatable bonds is 4. The monoisotopic (exact) mass is 183 g/mol. The van der Waals surface area contributed by atoms with Crippen molar-refractivity contribution in [3.8, 4) is 5.88 Å². The van der Waals surface area contributed by atoms with Gasteiger partial charge >= 0.3 is 0 Å². The molecule has 0 bridgehead atoms. The highest BCUT2D eigenvalue weighted by atomic mass is 16.5. The zero-order valence-corrected chi connectivity index (χ0v) is 7.47. The summed E-state index contributed by atoms with van der Waals surface area (Å²) in [5.74, 6) is 0.350. The summed E-state index contributed by atoms with van der Waals surface area (Å²) in [5, 5.41) is 9.57. The number of aromatic nitrogens is 2. The summed E-state index contributed by atoms with van der Waals surface area (Å²) < 4.78 is 4.94. The SMILES string of the molecule is COc1nccnc1C(O)CCN. The molecule has 13 heavy (non-hydrogen) atoms. The van der Waals surface area contributed by atoms with Crippen LogP contribution in [0.2, 0.25) is 0 Å². The summed E-state index contributed by atoms with van der Waals surface area (Å²) in [6.07, 6.45) is 2.78. The predicted octanol–water partition coefficient (Wildman–Crippen LogP) is -0.133. The molecule has 0 spiro atoms. The second-order valence-corrected chi connectivity index (χ2v) is 2.54. The van der Waals surface area contributed by atoms with Crippen LogP contribution in [0.15, 0.2) is 12.4 Å². The lowest BCUT2D eigenvalue weighted by Gasteiger charge is -2.10. The second-order valence-electron chi connectivity index (χ2n) is 2.54. The van der Waals surface area contributed by atoms with Gasteiger partial charge in [-0.15, -0.1) is 0 Å². The fraction of sp³-hybridized carbons (Fsp3) is 0.500. The fourth-order valence-electron chi connectivity index (χ4n) is 1.02. The molecule has 0 aliphatic heterocycles. The minimum atomic E-state index is -0.700. The minimum absolute atomic E-state index is 0.350. The Hall–Kier alpha value is -1.20. The molecule has 1 heterocycles. The maximum Gasteiger partial charge on any atom is 0.238 e. The van der Waals surface area contributed by atoms with Crippen molar-refractivity contribution < 1.29 is 9.84 Å². The lowest BCUT2D eigenvalue weighted by Crippen LogP contribution is -2.10. The Balaban J connectivity index is 2.85. The molecule has 0 saturated heterocycles. The average molecular weight is 183 g/mol. The molecule has 0 aromatic carbocycles. The second kappa shape index (κ2) is 4.74. The Morgan fingerprint density at radius 1 is 1.54 bits per heavy atom. The summed E-state index contributed by atoms with van der Waals surface area (Å²) in [6, 6.07) is 0. The van der Waals surface area contributed by atoms with Crippen LogP contribution in [-0.2, 0) is 0 Å². The summed E-state index contributed by atoms with van der Waals surface area (Å²) in [4.78, 5) is 7.89. The van der Waals surface area contributed by atoms with Gasteiger partial charge in [0.2, 0.25) is 5.88 Å². The first-order chi connectivity index (χ1) is 6.29. The summed E-state index contributed by atoms with van der Waals surface area (Å²) >= 11 is 0. The van der Waals surface area contributed by atoms with Gasteiger partial charge in [0, 0.05) is 12.4 Å². The zero-order chi connectivity index (χ0) is 9.68. The van der Waals surface area contributed by atoms with Crippen molar-refractivity contribution in [2.75, 3.05) is 13.7 Å². The Labute approximate surface area is 76.6 Å². The normalized spacial score (nSPS) is 12.5. The van der Waals surface area contributed by atoms with Crippen molar-refractivity contribution in [1.29, 1.82) is 0 Å². The number of aliphatic hydroxyl groups is 1. The van der Waals surface area contributed by atoms with Gasteiger partial charge in [-0.05, 0) is 13.0 Å². The van der Waals surface area contributed by atoms with E-state index in [9.17, 15) is 5.11 Å². The molecule has 5 nitrogen and oxygen atoms in total. The average Bonchev–Trinajstić information content (AvgIpc) is 2.18. The molecule has 0 aliphatic rings. The van der Waals surface area contributed by atoms with Gasteiger partial charge < -0.3 is 15.6 Å². The highest BCUT2D eigenvalue weighted by molar-refractivity contribution is 5.19. The Bertz CT molecular complexity index is 267. The summed E-state index contributed by atoms with van der Waals surface area (Å²) in [6.45, 7) is 0.404. The van der Waals surface area contributed by atoms with Crippen LogP contribution in [0, 0.1) is 0 Å². The van der Waals surface area contributed by atoms with Crippen LogP contribution in [0.3, 0.4) is 0 Å². The first-order valence-electron chi connectivity index (χ1n) is 4.02. The van der Waals surface area contributed by atoms with Crippen LogP contribution in [-0.4, -0.2) is 28.7 Å². The van der Waals surface area contributed by atoms with Crippen LogP contribution in [0.4, 0.5) is 0 Å². The molecule has 0 saturated carbocycles. The van der Waals surface area contributed by atoms with Gasteiger partial charge in [0.1, 0.15) is 11.8 Å². The van der Waals surface area contributed by atoms with E-state index in [-0.39, 0.29) is 0 Å². The number of nitrogens with two attached hydrogens (primary N) is 1. The van der Waals surface area contributed by atoms with Crippen molar-refractivity contribution in [3.63, 3.8) is 0 Å². The van der Waals surface area contributed by atoms with Crippen LogP contribution in [0.1, 0.15) is 18.2 Å². The third-order valence-corrected chi connectivity index (χ3v) is 1.64. The lowest BCUT2D eigenvalue weighted by atomic mass is 10.2. The minimum Gasteiger partial charge on any atom is -0.480 e. The van der Waals surface area contributed by atoms with Crippen LogP contribution >= 0.6 is 0 Å². The summed E-state index contributed by atoms with van der Waals surface area (Å²) in [5.41, 5.74) is 5.75. The molecule has 72 valence electrons. The molecular formula is C8H13N3O2. The van der Waals surface area contributed by atoms with Gasteiger partial charge in [0.15, 0.2) is 0 Å². The number of aliphatic hydroxyl groups excluding tert-OH is 1. The van der Waals surface area contributed by atoms with E-state index in [2.05, 4.69) is 9.97 Å². The van der Waals surface area contributed by atoms with Crippen LogP contribution < -0.4 is 10.5 Å². The highest BCUT2D eigenvalue weighted by Crippen LogP contribution is 2.21. The Kier molecular flexibility index (Phi) is 3.60. The molecule has 3 N–H and O–H groups in total. The van der Waals surface area contributed by atoms with E-state index in [1.807, 2.05) is 0 Å². The molecule has 1 rings (SSSR count). The molecule has 0 aliphatic carbocycles. The van der Waals surface area contributed by atoms with Crippen molar-refractivity contribution in [2.24, 2.45) is 5.73 Å². The molecule has 0 amide bonds. The summed E-state index contributed by atoms with van der Waals surface area (Å²) in [7, 11) is 1.49. The Morgan fingerprint density at radius 2 is 2.23 bits per heavy atom. The molecule has 1 unspecified atom stereocenters. The smallest absolute Gasteiger partial charge is 0.238 e. The number of methoxy groups -OCH3 is 1. The third-order valence-electron chi connectivity index (χ3n) is 1.64. The van der Waals surface area contributed by atoms with Crippen LogP contribution in [0.5, 0.6) is 5.88 Å². The molecule has 0 radical (unpaired) electrons. The number of hydrogen-bond donors (Lipinski definition) is 2. The van der Waals surface area contributed by atoms with E-state index in [1.165, 1.54) is 19.5 Å². The first-order valence-corrected chi connectivity index (χ1v) is 4.02. The van der Waals surface area contributed by atoms with E-state index in [0.717, 1.165) is 0 Å². The number of ether oxygens (including phenoxy) is 1. The third kappa shape index (κ3) is 2.37. The molecular weight excluding hydrogens is 170 g/mol. The molecule has 1 aromatic heterocycles. The number of hydrogen-bond acceptors (Lipinski definition) is 5. The standard InChI is InChI=1S/C8H13N3O2/c1-13-8-7(6(12)2-3-9)10-4-5-11-8/h4-6,12H,2-3,9H2,1H3. The largest absolute Gasteiger partial charge is 0.480 e. The lowest BCUT2D eigenvalue weighted by molar-refractivity contribution is 0.160. The van der Waals surface area contributed by atoms with Gasteiger partial charge in [-0.25, -0.2) is 4.98 Å². The van der Waals surface area contributed by atoms with E-state index in [1.54, 1.807) is 0 Å². The maximum absolute atomic E-state index is 9.57.